The molecule has 1 saturated heterocycles. The van der Waals surface area contributed by atoms with Crippen molar-refractivity contribution in [2.75, 3.05) is 6.54 Å². The summed E-state index contributed by atoms with van der Waals surface area (Å²) in [4.78, 5) is 22.1. The molecular formula is C13H15NO3. The van der Waals surface area contributed by atoms with E-state index in [0.717, 1.165) is 32.1 Å². The van der Waals surface area contributed by atoms with E-state index in [9.17, 15) is 9.59 Å². The largest absolute Gasteiger partial charge is 0.481 e. The molecule has 2 rings (SSSR count). The minimum Gasteiger partial charge on any atom is -0.481 e. The third-order valence-electron chi connectivity index (χ3n) is 2.78. The molecule has 4 nitrogen and oxygen atoms in total. The lowest BCUT2D eigenvalue weighted by atomic mass is 10.2. The molecule has 0 radical (unpaired) electrons. The van der Waals surface area contributed by atoms with E-state index in [1.807, 2.05) is 0 Å². The van der Waals surface area contributed by atoms with Gasteiger partial charge in [-0.2, -0.15) is 0 Å². The van der Waals surface area contributed by atoms with Gasteiger partial charge in [0, 0.05) is 12.1 Å². The van der Waals surface area contributed by atoms with Crippen molar-refractivity contribution in [3.63, 3.8) is 0 Å². The van der Waals surface area contributed by atoms with E-state index in [1.54, 1.807) is 24.3 Å². The molecule has 17 heavy (non-hydrogen) atoms. The van der Waals surface area contributed by atoms with Gasteiger partial charge in [-0.1, -0.05) is 0 Å². The van der Waals surface area contributed by atoms with Crippen LogP contribution in [0.1, 0.15) is 29.6 Å². The zero-order chi connectivity index (χ0) is 12.1. The van der Waals surface area contributed by atoms with E-state index in [-0.39, 0.29) is 5.91 Å². The Morgan fingerprint density at radius 2 is 2.00 bits per heavy atom. The molecule has 0 spiro atoms. The Hall–Kier alpha value is -1.84. The fourth-order valence-corrected chi connectivity index (χ4v) is 1.81. The van der Waals surface area contributed by atoms with Crippen molar-refractivity contribution in [1.82, 2.24) is 5.32 Å². The van der Waals surface area contributed by atoms with Gasteiger partial charge in [0.2, 0.25) is 0 Å². The molecule has 0 bridgehead atoms. The van der Waals surface area contributed by atoms with Crippen molar-refractivity contribution in [3.05, 3.63) is 29.8 Å². The van der Waals surface area contributed by atoms with Gasteiger partial charge in [0.1, 0.15) is 12.0 Å². The molecule has 4 heteroatoms. The van der Waals surface area contributed by atoms with E-state index in [0.29, 0.717) is 11.3 Å². The van der Waals surface area contributed by atoms with Crippen LogP contribution in [0.3, 0.4) is 0 Å². The Bertz CT molecular complexity index is 400. The Balaban J connectivity index is 2.02. The summed E-state index contributed by atoms with van der Waals surface area (Å²) in [6, 6.07) is 6.78. The maximum absolute atomic E-state index is 11.6. The number of ether oxygens (including phenoxy) is 1. The minimum atomic E-state index is -0.417. The summed E-state index contributed by atoms with van der Waals surface area (Å²) in [5, 5.41) is 2.82. The minimum absolute atomic E-state index is 0.0537. The molecule has 1 amide bonds. The van der Waals surface area contributed by atoms with Gasteiger partial charge in [-0.25, -0.2) is 0 Å². The molecule has 1 fully saturated rings. The molecule has 1 aromatic rings. The number of nitrogens with one attached hydrogen (secondary N) is 1. The number of hydrogen-bond acceptors (Lipinski definition) is 3. The van der Waals surface area contributed by atoms with Gasteiger partial charge >= 0.3 is 0 Å². The summed E-state index contributed by atoms with van der Waals surface area (Å²) in [6.07, 6.45) is 3.08. The summed E-state index contributed by atoms with van der Waals surface area (Å²) in [6.45, 7) is 0.725. The first-order chi connectivity index (χ1) is 8.29. The highest BCUT2D eigenvalue weighted by molar-refractivity contribution is 5.81. The number of aldehydes is 1. The van der Waals surface area contributed by atoms with Gasteiger partial charge in [-0.3, -0.25) is 9.59 Å². The van der Waals surface area contributed by atoms with Crippen LogP contribution in [0, 0.1) is 0 Å². The summed E-state index contributed by atoms with van der Waals surface area (Å²) in [5.74, 6) is 0.569. The van der Waals surface area contributed by atoms with Crippen LogP contribution < -0.4 is 10.1 Å². The van der Waals surface area contributed by atoms with E-state index >= 15 is 0 Å². The highest BCUT2D eigenvalue weighted by Crippen LogP contribution is 2.16. The van der Waals surface area contributed by atoms with Crippen LogP contribution in [0.15, 0.2) is 24.3 Å². The molecule has 0 aromatic heterocycles. The molecule has 90 valence electrons. The van der Waals surface area contributed by atoms with Crippen molar-refractivity contribution in [2.45, 2.75) is 25.4 Å². The normalized spacial score (nSPS) is 20.2. The quantitative estimate of drug-likeness (QED) is 0.806. The van der Waals surface area contributed by atoms with E-state index in [4.69, 9.17) is 4.74 Å². The molecule has 1 N–H and O–H groups in total. The Morgan fingerprint density at radius 1 is 1.24 bits per heavy atom. The molecule has 1 atom stereocenters. The fraction of sp³-hybridized carbons (Fsp3) is 0.385. The molecule has 1 aliphatic rings. The van der Waals surface area contributed by atoms with E-state index < -0.39 is 6.10 Å². The van der Waals surface area contributed by atoms with Crippen molar-refractivity contribution < 1.29 is 14.3 Å². The number of hydrogen-bond donors (Lipinski definition) is 1. The Morgan fingerprint density at radius 3 is 2.71 bits per heavy atom. The average molecular weight is 233 g/mol. The second-order valence-corrected chi connectivity index (χ2v) is 4.08. The second-order valence-electron chi connectivity index (χ2n) is 4.08. The molecule has 1 heterocycles. The van der Waals surface area contributed by atoms with Crippen molar-refractivity contribution in [2.24, 2.45) is 0 Å². The topological polar surface area (TPSA) is 55.4 Å². The smallest absolute Gasteiger partial charge is 0.261 e. The van der Waals surface area contributed by atoms with E-state index in [2.05, 4.69) is 5.32 Å². The van der Waals surface area contributed by atoms with Crippen molar-refractivity contribution in [1.29, 1.82) is 0 Å². The van der Waals surface area contributed by atoms with Crippen molar-refractivity contribution in [3.8, 4) is 5.75 Å². The van der Waals surface area contributed by atoms with Gasteiger partial charge in [-0.15, -0.1) is 0 Å². The zero-order valence-electron chi connectivity index (χ0n) is 9.52. The van der Waals surface area contributed by atoms with Crippen LogP contribution in [0.2, 0.25) is 0 Å². The fourth-order valence-electron chi connectivity index (χ4n) is 1.81. The molecule has 1 unspecified atom stereocenters. The van der Waals surface area contributed by atoms with Crippen LogP contribution in [-0.4, -0.2) is 24.8 Å². The molecular weight excluding hydrogens is 218 g/mol. The zero-order valence-corrected chi connectivity index (χ0v) is 9.52. The average Bonchev–Trinajstić information content (AvgIpc) is 2.56. The summed E-state index contributed by atoms with van der Waals surface area (Å²) < 4.78 is 5.62. The third-order valence-corrected chi connectivity index (χ3v) is 2.78. The summed E-state index contributed by atoms with van der Waals surface area (Å²) >= 11 is 0. The van der Waals surface area contributed by atoms with Gasteiger partial charge in [-0.05, 0) is 43.5 Å². The van der Waals surface area contributed by atoms with Gasteiger partial charge < -0.3 is 10.1 Å². The van der Waals surface area contributed by atoms with Crippen LogP contribution in [0.4, 0.5) is 0 Å². The third kappa shape index (κ3) is 3.06. The molecule has 0 saturated carbocycles. The predicted molar refractivity (Wildman–Crippen MR) is 63.1 cm³/mol. The first-order valence-electron chi connectivity index (χ1n) is 5.79. The Kier molecular flexibility index (Phi) is 3.75. The van der Waals surface area contributed by atoms with Gasteiger partial charge in [0.25, 0.3) is 5.91 Å². The number of carbonyl (C=O) groups excluding carboxylic acids is 2. The molecule has 1 aromatic carbocycles. The van der Waals surface area contributed by atoms with Crippen LogP contribution >= 0.6 is 0 Å². The predicted octanol–water partition coefficient (Wildman–Crippen LogP) is 1.55. The first kappa shape index (κ1) is 11.6. The van der Waals surface area contributed by atoms with Crippen LogP contribution in [-0.2, 0) is 4.79 Å². The summed E-state index contributed by atoms with van der Waals surface area (Å²) in [5.41, 5.74) is 0.600. The lowest BCUT2D eigenvalue weighted by Crippen LogP contribution is -2.36. The number of rotatable bonds is 3. The highest BCUT2D eigenvalue weighted by atomic mass is 16.5. The molecule has 1 aliphatic heterocycles. The van der Waals surface area contributed by atoms with Gasteiger partial charge in [0.05, 0.1) is 0 Å². The molecule has 0 aliphatic carbocycles. The lowest BCUT2D eigenvalue weighted by Gasteiger charge is -2.15. The highest BCUT2D eigenvalue weighted by Gasteiger charge is 2.21. The standard InChI is InChI=1S/C13H15NO3/c15-9-10-4-6-11(7-5-10)17-12-3-1-2-8-14-13(12)16/h4-7,9,12H,1-3,8H2,(H,14,16). The SMILES string of the molecule is O=Cc1ccc(OC2CCCCNC2=O)cc1. The maximum Gasteiger partial charge on any atom is 0.261 e. The lowest BCUT2D eigenvalue weighted by molar-refractivity contribution is -0.127. The van der Waals surface area contributed by atoms with Gasteiger partial charge in [0.15, 0.2) is 6.10 Å². The van der Waals surface area contributed by atoms with Crippen molar-refractivity contribution >= 4 is 12.2 Å². The Labute approximate surface area is 100.0 Å². The number of benzene rings is 1. The van der Waals surface area contributed by atoms with E-state index in [1.165, 1.54) is 0 Å². The van der Waals surface area contributed by atoms with Crippen LogP contribution in [0.5, 0.6) is 5.75 Å². The number of amides is 1. The monoisotopic (exact) mass is 233 g/mol. The first-order valence-corrected chi connectivity index (χ1v) is 5.79. The maximum atomic E-state index is 11.6. The summed E-state index contributed by atoms with van der Waals surface area (Å²) in [7, 11) is 0. The van der Waals surface area contributed by atoms with Crippen LogP contribution in [0.25, 0.3) is 0 Å². The second kappa shape index (κ2) is 5.48. The number of carbonyl (C=O) groups is 2.